The topological polar surface area (TPSA) is 29.5 Å². The molecule has 122 valence electrons. The van der Waals surface area contributed by atoms with Crippen molar-refractivity contribution in [1.82, 2.24) is 0 Å². The quantitative estimate of drug-likeness (QED) is 0.633. The number of methoxy groups -OCH3 is 1. The largest absolute Gasteiger partial charge is 0.497 e. The van der Waals surface area contributed by atoms with E-state index in [4.69, 9.17) is 4.74 Å². The lowest BCUT2D eigenvalue weighted by atomic mass is 9.82. The Morgan fingerprint density at radius 2 is 1.83 bits per heavy atom. The maximum absolute atomic E-state index is 12.6. The van der Waals surface area contributed by atoms with Gasteiger partial charge in [0.25, 0.3) is 0 Å². The molecule has 0 bridgehead atoms. The lowest BCUT2D eigenvalue weighted by Gasteiger charge is -2.46. The Morgan fingerprint density at radius 1 is 1.12 bits per heavy atom. The molecule has 2 aromatic carbocycles. The molecule has 0 spiro atoms. The summed E-state index contributed by atoms with van der Waals surface area (Å²) in [6.07, 6.45) is 1.77. The predicted octanol–water partition coefficient (Wildman–Crippen LogP) is 3.85. The van der Waals surface area contributed by atoms with E-state index in [1.54, 1.807) is 7.11 Å². The van der Waals surface area contributed by atoms with Crippen molar-refractivity contribution in [2.24, 2.45) is 11.8 Å². The summed E-state index contributed by atoms with van der Waals surface area (Å²) < 4.78 is 5.21. The number of benzene rings is 2. The van der Waals surface area contributed by atoms with Gasteiger partial charge < -0.3 is 9.64 Å². The smallest absolute Gasteiger partial charge is 0.232 e. The summed E-state index contributed by atoms with van der Waals surface area (Å²) in [5.74, 6) is 1.47. The fraction of sp³-hybridized carbons (Fsp3) is 0.286. The van der Waals surface area contributed by atoms with Crippen molar-refractivity contribution in [2.75, 3.05) is 12.0 Å². The van der Waals surface area contributed by atoms with Crippen LogP contribution in [0.5, 0.6) is 5.75 Å². The average Bonchev–Trinajstić information content (AvgIpc) is 2.89. The molecule has 0 N–H and O–H groups in total. The summed E-state index contributed by atoms with van der Waals surface area (Å²) in [6, 6.07) is 18.5. The lowest BCUT2D eigenvalue weighted by molar-refractivity contribution is -0.129. The van der Waals surface area contributed by atoms with Crippen LogP contribution in [0.25, 0.3) is 0 Å². The third kappa shape index (κ3) is 2.32. The second-order valence-electron chi connectivity index (χ2n) is 6.66. The molecular weight excluding hydrogens is 298 g/mol. The number of nitrogens with zero attached hydrogens (tertiary/aromatic N) is 1. The van der Waals surface area contributed by atoms with Crippen LogP contribution in [0.2, 0.25) is 0 Å². The number of rotatable bonds is 4. The standard InChI is InChI=1S/C21H21NO2/c1-14-12-19-20(18(14)13-15-6-4-3-5-7-15)22(21(19)23)16-8-10-17(24-2)11-9-16/h3-11,18-20H,1,12-13H2,2H3/t18-,19-,20+/m0/s1. The van der Waals surface area contributed by atoms with Crippen molar-refractivity contribution in [3.63, 3.8) is 0 Å². The molecule has 4 rings (SSSR count). The van der Waals surface area contributed by atoms with Gasteiger partial charge in [-0.15, -0.1) is 0 Å². The number of amides is 1. The molecule has 0 unspecified atom stereocenters. The predicted molar refractivity (Wildman–Crippen MR) is 95.2 cm³/mol. The molecule has 2 aliphatic rings. The van der Waals surface area contributed by atoms with Gasteiger partial charge in [0.1, 0.15) is 5.75 Å². The van der Waals surface area contributed by atoms with Gasteiger partial charge in [0.05, 0.1) is 19.1 Å². The Labute approximate surface area is 142 Å². The Bertz CT molecular complexity index is 766. The highest BCUT2D eigenvalue weighted by Crippen LogP contribution is 2.49. The van der Waals surface area contributed by atoms with Crippen LogP contribution in [-0.2, 0) is 11.2 Å². The molecule has 3 heteroatoms. The molecule has 3 nitrogen and oxygen atoms in total. The molecule has 1 amide bonds. The minimum atomic E-state index is 0.105. The Hall–Kier alpha value is -2.55. The van der Waals surface area contributed by atoms with Crippen LogP contribution >= 0.6 is 0 Å². The van der Waals surface area contributed by atoms with E-state index >= 15 is 0 Å². The number of carbonyl (C=O) groups excluding carboxylic acids is 1. The number of hydrogen-bond acceptors (Lipinski definition) is 2. The second kappa shape index (κ2) is 5.82. The van der Waals surface area contributed by atoms with E-state index in [9.17, 15) is 4.79 Å². The monoisotopic (exact) mass is 319 g/mol. The van der Waals surface area contributed by atoms with Crippen molar-refractivity contribution in [3.05, 3.63) is 72.3 Å². The summed E-state index contributed by atoms with van der Waals surface area (Å²) in [7, 11) is 1.65. The maximum Gasteiger partial charge on any atom is 0.232 e. The molecule has 1 aliphatic carbocycles. The summed E-state index contributed by atoms with van der Waals surface area (Å²) in [5, 5.41) is 0. The first kappa shape index (κ1) is 15.0. The van der Waals surface area contributed by atoms with Crippen LogP contribution in [0.1, 0.15) is 12.0 Å². The van der Waals surface area contributed by atoms with E-state index in [1.807, 2.05) is 35.2 Å². The van der Waals surface area contributed by atoms with Crippen LogP contribution in [0.3, 0.4) is 0 Å². The molecule has 24 heavy (non-hydrogen) atoms. The van der Waals surface area contributed by atoms with Gasteiger partial charge in [-0.1, -0.05) is 42.5 Å². The zero-order valence-electron chi connectivity index (χ0n) is 13.8. The van der Waals surface area contributed by atoms with Gasteiger partial charge in [-0.25, -0.2) is 0 Å². The fourth-order valence-electron chi connectivity index (χ4n) is 4.09. The van der Waals surface area contributed by atoms with E-state index in [-0.39, 0.29) is 17.9 Å². The normalized spacial score (nSPS) is 25.4. The van der Waals surface area contributed by atoms with Crippen LogP contribution in [0, 0.1) is 11.8 Å². The number of fused-ring (bicyclic) bond motifs is 1. The van der Waals surface area contributed by atoms with Crippen molar-refractivity contribution < 1.29 is 9.53 Å². The number of β-lactam (4-membered cyclic amide) rings is 1. The zero-order valence-corrected chi connectivity index (χ0v) is 13.8. The van der Waals surface area contributed by atoms with Crippen molar-refractivity contribution in [1.29, 1.82) is 0 Å². The molecule has 0 aromatic heterocycles. The third-order valence-corrected chi connectivity index (χ3v) is 5.33. The summed E-state index contributed by atoms with van der Waals surface area (Å²) in [5.41, 5.74) is 3.46. The van der Waals surface area contributed by atoms with Gasteiger partial charge in [-0.05, 0) is 42.7 Å². The molecule has 0 radical (unpaired) electrons. The average molecular weight is 319 g/mol. The van der Waals surface area contributed by atoms with E-state index in [2.05, 4.69) is 30.8 Å². The highest BCUT2D eigenvalue weighted by Gasteiger charge is 2.56. The molecular formula is C21H21NO2. The van der Waals surface area contributed by atoms with E-state index < -0.39 is 0 Å². The third-order valence-electron chi connectivity index (χ3n) is 5.33. The first-order valence-corrected chi connectivity index (χ1v) is 8.38. The van der Waals surface area contributed by atoms with Crippen LogP contribution < -0.4 is 9.64 Å². The number of ether oxygens (including phenoxy) is 1. The van der Waals surface area contributed by atoms with Gasteiger partial charge in [0.2, 0.25) is 5.91 Å². The molecule has 1 saturated carbocycles. The molecule has 1 heterocycles. The first-order valence-electron chi connectivity index (χ1n) is 8.38. The number of carbonyl (C=O) groups is 1. The fourth-order valence-corrected chi connectivity index (χ4v) is 4.09. The van der Waals surface area contributed by atoms with Crippen LogP contribution in [0.15, 0.2) is 66.7 Å². The van der Waals surface area contributed by atoms with Crippen LogP contribution in [0.4, 0.5) is 5.69 Å². The zero-order chi connectivity index (χ0) is 16.7. The Morgan fingerprint density at radius 3 is 2.50 bits per heavy atom. The molecule has 1 saturated heterocycles. The molecule has 3 atom stereocenters. The van der Waals surface area contributed by atoms with E-state index in [0.717, 1.165) is 24.3 Å². The molecule has 2 fully saturated rings. The van der Waals surface area contributed by atoms with Gasteiger partial charge in [-0.2, -0.15) is 0 Å². The van der Waals surface area contributed by atoms with Gasteiger partial charge >= 0.3 is 0 Å². The van der Waals surface area contributed by atoms with Crippen molar-refractivity contribution >= 4 is 11.6 Å². The lowest BCUT2D eigenvalue weighted by Crippen LogP contribution is -2.61. The first-order chi connectivity index (χ1) is 11.7. The Balaban J connectivity index is 1.60. The van der Waals surface area contributed by atoms with Gasteiger partial charge in [0, 0.05) is 11.6 Å². The summed E-state index contributed by atoms with van der Waals surface area (Å²) in [6.45, 7) is 4.26. The number of hydrogen-bond donors (Lipinski definition) is 0. The highest BCUT2D eigenvalue weighted by atomic mass is 16.5. The van der Waals surface area contributed by atoms with E-state index in [1.165, 1.54) is 11.1 Å². The van der Waals surface area contributed by atoms with Crippen molar-refractivity contribution in [2.45, 2.75) is 18.9 Å². The van der Waals surface area contributed by atoms with Crippen LogP contribution in [-0.4, -0.2) is 19.1 Å². The minimum absolute atomic E-state index is 0.105. The van der Waals surface area contributed by atoms with Gasteiger partial charge in [0.15, 0.2) is 0 Å². The second-order valence-corrected chi connectivity index (χ2v) is 6.66. The van der Waals surface area contributed by atoms with Gasteiger partial charge in [-0.3, -0.25) is 4.79 Å². The maximum atomic E-state index is 12.6. The summed E-state index contributed by atoms with van der Waals surface area (Å²) in [4.78, 5) is 14.5. The number of anilines is 1. The highest BCUT2D eigenvalue weighted by molar-refractivity contribution is 6.04. The van der Waals surface area contributed by atoms with E-state index in [0.29, 0.717) is 5.92 Å². The summed E-state index contributed by atoms with van der Waals surface area (Å²) >= 11 is 0. The molecule has 1 aliphatic heterocycles. The molecule has 2 aromatic rings. The minimum Gasteiger partial charge on any atom is -0.497 e. The SMILES string of the molecule is C=C1C[C@@H]2C(=O)N(c3ccc(OC)cc3)[C@@H]2[C@H]1Cc1ccccc1. The Kier molecular flexibility index (Phi) is 3.64. The van der Waals surface area contributed by atoms with Crippen molar-refractivity contribution in [3.8, 4) is 5.75 Å².